The SMILES string of the molecule is CC1=C[C@]2(C)O[C@@H](c3ccccc3)[C@@H]1C(C#N)(C#N)C2(C#N)C#N. The third-order valence-electron chi connectivity index (χ3n) is 5.29. The molecule has 2 heterocycles. The fraction of sp³-hybridized carbons (Fsp3) is 0.368. The molecule has 0 spiro atoms. The second-order valence-electron chi connectivity index (χ2n) is 6.43. The second kappa shape index (κ2) is 4.94. The topological polar surface area (TPSA) is 104 Å². The van der Waals surface area contributed by atoms with Gasteiger partial charge in [0.05, 0.1) is 30.4 Å². The molecule has 3 aliphatic rings. The van der Waals surface area contributed by atoms with Crippen molar-refractivity contribution in [3.8, 4) is 24.3 Å². The molecule has 0 N–H and O–H groups in total. The summed E-state index contributed by atoms with van der Waals surface area (Å²) >= 11 is 0. The number of nitrogens with zero attached hydrogens (tertiary/aromatic N) is 4. The molecule has 1 aliphatic carbocycles. The van der Waals surface area contributed by atoms with Crippen molar-refractivity contribution in [3.63, 3.8) is 0 Å². The quantitative estimate of drug-likeness (QED) is 0.740. The number of hydrogen-bond donors (Lipinski definition) is 0. The van der Waals surface area contributed by atoms with Gasteiger partial charge in [-0.05, 0) is 19.4 Å². The number of fused-ring (bicyclic) bond motifs is 2. The molecule has 24 heavy (non-hydrogen) atoms. The molecule has 0 unspecified atom stereocenters. The molecule has 4 rings (SSSR count). The highest BCUT2D eigenvalue weighted by molar-refractivity contribution is 5.51. The van der Waals surface area contributed by atoms with E-state index in [1.807, 2.05) is 61.5 Å². The Morgan fingerprint density at radius 3 is 2.04 bits per heavy atom. The first-order valence-electron chi connectivity index (χ1n) is 7.52. The molecule has 116 valence electrons. The maximum atomic E-state index is 9.90. The van der Waals surface area contributed by atoms with Gasteiger partial charge in [-0.1, -0.05) is 42.0 Å². The standard InChI is InChI=1S/C19H14N4O/c1-13-8-17(2)19(11-22,12-23)18(9-20,10-21)15(13)16(24-17)14-6-4-3-5-7-14/h3-8,15-16H,1-2H3/t15-,16+,17+/m1/s1. The van der Waals surface area contributed by atoms with Crippen LogP contribution in [0.15, 0.2) is 42.0 Å². The highest BCUT2D eigenvalue weighted by Gasteiger charge is 2.75. The number of ether oxygens (including phenoxy) is 1. The minimum Gasteiger partial charge on any atom is -0.360 e. The van der Waals surface area contributed by atoms with Gasteiger partial charge >= 0.3 is 0 Å². The molecule has 0 radical (unpaired) electrons. The Morgan fingerprint density at radius 2 is 1.54 bits per heavy atom. The van der Waals surface area contributed by atoms with E-state index in [4.69, 9.17) is 4.74 Å². The van der Waals surface area contributed by atoms with Gasteiger partial charge in [0.15, 0.2) is 5.41 Å². The summed E-state index contributed by atoms with van der Waals surface area (Å²) in [5, 5.41) is 39.4. The van der Waals surface area contributed by atoms with Crippen LogP contribution in [0.3, 0.4) is 0 Å². The largest absolute Gasteiger partial charge is 0.360 e. The zero-order chi connectivity index (χ0) is 17.6. The lowest BCUT2D eigenvalue weighted by molar-refractivity contribution is -0.203. The smallest absolute Gasteiger partial charge is 0.207 e. The molecule has 2 aliphatic heterocycles. The first-order chi connectivity index (χ1) is 11.4. The van der Waals surface area contributed by atoms with Crippen molar-refractivity contribution < 1.29 is 4.74 Å². The van der Waals surface area contributed by atoms with Crippen LogP contribution in [0.4, 0.5) is 0 Å². The van der Waals surface area contributed by atoms with Crippen molar-refractivity contribution in [1.82, 2.24) is 0 Å². The Labute approximate surface area is 140 Å². The average Bonchev–Trinajstić information content (AvgIpc) is 2.60. The van der Waals surface area contributed by atoms with E-state index in [1.54, 1.807) is 13.0 Å². The van der Waals surface area contributed by atoms with Crippen molar-refractivity contribution in [3.05, 3.63) is 47.5 Å². The number of benzene rings is 1. The lowest BCUT2D eigenvalue weighted by atomic mass is 9.45. The molecule has 0 saturated carbocycles. The fourth-order valence-corrected chi connectivity index (χ4v) is 4.18. The lowest BCUT2D eigenvalue weighted by Crippen LogP contribution is -2.66. The highest BCUT2D eigenvalue weighted by Crippen LogP contribution is 2.66. The third kappa shape index (κ3) is 1.53. The number of nitriles is 4. The van der Waals surface area contributed by atoms with Crippen LogP contribution in [0.1, 0.15) is 25.5 Å². The summed E-state index contributed by atoms with van der Waals surface area (Å²) < 4.78 is 6.16. The molecule has 5 nitrogen and oxygen atoms in total. The van der Waals surface area contributed by atoms with Crippen LogP contribution in [0.5, 0.6) is 0 Å². The Morgan fingerprint density at radius 1 is 0.958 bits per heavy atom. The summed E-state index contributed by atoms with van der Waals surface area (Å²) in [6, 6.07) is 17.2. The molecule has 1 fully saturated rings. The molecule has 1 saturated heterocycles. The van der Waals surface area contributed by atoms with Gasteiger partial charge in [-0.3, -0.25) is 0 Å². The van der Waals surface area contributed by atoms with E-state index in [0.717, 1.165) is 11.1 Å². The first kappa shape index (κ1) is 15.8. The zero-order valence-corrected chi connectivity index (χ0v) is 13.3. The van der Waals surface area contributed by atoms with Gasteiger partial charge in [-0.25, -0.2) is 0 Å². The normalized spacial score (nSPS) is 31.7. The van der Waals surface area contributed by atoms with Crippen LogP contribution in [0, 0.1) is 62.1 Å². The molecule has 1 aromatic rings. The first-order valence-corrected chi connectivity index (χ1v) is 7.52. The summed E-state index contributed by atoms with van der Waals surface area (Å²) in [5.74, 6) is -0.684. The summed E-state index contributed by atoms with van der Waals surface area (Å²) in [5.41, 5.74) is -3.43. The van der Waals surface area contributed by atoms with Crippen molar-refractivity contribution in [2.45, 2.75) is 25.6 Å². The van der Waals surface area contributed by atoms with Crippen LogP contribution in [-0.2, 0) is 4.74 Å². The van der Waals surface area contributed by atoms with E-state index < -0.39 is 28.5 Å². The van der Waals surface area contributed by atoms with Gasteiger partial charge in [0.2, 0.25) is 5.41 Å². The predicted octanol–water partition coefficient (Wildman–Crippen LogP) is 3.16. The summed E-state index contributed by atoms with van der Waals surface area (Å²) in [7, 11) is 0. The number of hydrogen-bond acceptors (Lipinski definition) is 5. The Bertz CT molecular complexity index is 863. The minimum absolute atomic E-state index is 0.560. The highest BCUT2D eigenvalue weighted by atomic mass is 16.5. The molecule has 2 bridgehead atoms. The molecule has 0 aromatic heterocycles. The lowest BCUT2D eigenvalue weighted by Gasteiger charge is -2.58. The maximum Gasteiger partial charge on any atom is 0.207 e. The Kier molecular flexibility index (Phi) is 3.24. The van der Waals surface area contributed by atoms with Gasteiger partial charge in [0.1, 0.15) is 5.60 Å². The van der Waals surface area contributed by atoms with Gasteiger partial charge in [-0.15, -0.1) is 0 Å². The van der Waals surface area contributed by atoms with E-state index >= 15 is 0 Å². The Balaban J connectivity index is 2.35. The average molecular weight is 314 g/mol. The van der Waals surface area contributed by atoms with Crippen LogP contribution in [0.2, 0.25) is 0 Å². The van der Waals surface area contributed by atoms with Crippen LogP contribution in [-0.4, -0.2) is 5.60 Å². The van der Waals surface area contributed by atoms with E-state index in [9.17, 15) is 21.0 Å². The molecule has 0 amide bonds. The monoisotopic (exact) mass is 314 g/mol. The van der Waals surface area contributed by atoms with E-state index in [1.165, 1.54) is 0 Å². The summed E-state index contributed by atoms with van der Waals surface area (Å²) in [4.78, 5) is 0. The minimum atomic E-state index is -1.89. The molecule has 1 aromatic carbocycles. The molecule has 3 atom stereocenters. The van der Waals surface area contributed by atoms with Crippen LogP contribution in [0.25, 0.3) is 0 Å². The molecular weight excluding hydrogens is 300 g/mol. The van der Waals surface area contributed by atoms with Gasteiger partial charge < -0.3 is 4.74 Å². The van der Waals surface area contributed by atoms with Crippen LogP contribution < -0.4 is 0 Å². The summed E-state index contributed by atoms with van der Waals surface area (Å²) in [6.07, 6.45) is 1.16. The van der Waals surface area contributed by atoms with Gasteiger partial charge in [-0.2, -0.15) is 21.0 Å². The van der Waals surface area contributed by atoms with Crippen molar-refractivity contribution >= 4 is 0 Å². The van der Waals surface area contributed by atoms with Crippen molar-refractivity contribution in [1.29, 1.82) is 21.0 Å². The number of rotatable bonds is 1. The zero-order valence-electron chi connectivity index (χ0n) is 13.3. The maximum absolute atomic E-state index is 9.90. The van der Waals surface area contributed by atoms with Crippen molar-refractivity contribution in [2.24, 2.45) is 16.7 Å². The molecular formula is C19H14N4O. The summed E-state index contributed by atoms with van der Waals surface area (Å²) in [6.45, 7) is 3.43. The Hall–Kier alpha value is -3.12. The predicted molar refractivity (Wildman–Crippen MR) is 83.2 cm³/mol. The van der Waals surface area contributed by atoms with Gasteiger partial charge in [0, 0.05) is 5.92 Å². The third-order valence-corrected chi connectivity index (χ3v) is 5.29. The molecule has 5 heteroatoms. The fourth-order valence-electron chi connectivity index (χ4n) is 4.18. The van der Waals surface area contributed by atoms with E-state index in [0.29, 0.717) is 0 Å². The van der Waals surface area contributed by atoms with Crippen molar-refractivity contribution in [2.75, 3.05) is 0 Å². The van der Waals surface area contributed by atoms with Crippen LogP contribution >= 0.6 is 0 Å². The van der Waals surface area contributed by atoms with E-state index in [-0.39, 0.29) is 0 Å². The van der Waals surface area contributed by atoms with Gasteiger partial charge in [0.25, 0.3) is 0 Å². The second-order valence-corrected chi connectivity index (χ2v) is 6.43. The van der Waals surface area contributed by atoms with E-state index in [2.05, 4.69) is 0 Å².